The van der Waals surface area contributed by atoms with Gasteiger partial charge in [0.05, 0.1) is 23.8 Å². The first-order valence-electron chi connectivity index (χ1n) is 9.42. The van der Waals surface area contributed by atoms with Crippen LogP contribution in [0.15, 0.2) is 59.3 Å². The van der Waals surface area contributed by atoms with Crippen molar-refractivity contribution in [3.63, 3.8) is 0 Å². The molecule has 0 spiro atoms. The molecule has 1 aliphatic carbocycles. The Balaban J connectivity index is 1.99. The molecule has 1 aliphatic heterocycles. The number of nitriles is 1. The molecule has 1 unspecified atom stereocenters. The van der Waals surface area contributed by atoms with E-state index in [0.717, 1.165) is 16.9 Å². The van der Waals surface area contributed by atoms with Gasteiger partial charge in [-0.25, -0.2) is 0 Å². The van der Waals surface area contributed by atoms with Crippen LogP contribution in [0.5, 0.6) is 0 Å². The molecule has 1 atom stereocenters. The molecule has 7 heteroatoms. The molecule has 0 fully saturated rings. The zero-order chi connectivity index (χ0) is 20.9. The van der Waals surface area contributed by atoms with E-state index in [0.29, 0.717) is 34.8 Å². The maximum absolute atomic E-state index is 13.3. The molecule has 0 bridgehead atoms. The molecule has 2 aromatic rings. The number of ketones is 1. The van der Waals surface area contributed by atoms with Crippen molar-refractivity contribution in [1.82, 2.24) is 9.78 Å². The largest absolute Gasteiger partial charge is 0.384 e. The van der Waals surface area contributed by atoms with Gasteiger partial charge >= 0.3 is 0 Å². The third-order valence-corrected chi connectivity index (χ3v) is 5.78. The predicted octanol–water partition coefficient (Wildman–Crippen LogP) is 4.01. The number of aryl methyl sites for hydroxylation is 1. The highest BCUT2D eigenvalue weighted by atomic mass is 35.5. The molecule has 29 heavy (non-hydrogen) atoms. The van der Waals surface area contributed by atoms with E-state index >= 15 is 0 Å². The molecule has 0 radical (unpaired) electrons. The molecule has 4 rings (SSSR count). The standard InChI is InChI=1S/C22H22ClN5O/c1-22(2)8-17-20(18(29)9-22)19(13-11-26-27(3)12-13)16(10-24)21(25)28(17)15-6-4-14(23)5-7-15/h4-7,11-12,19H,8-9,25H2,1-3H3. The van der Waals surface area contributed by atoms with E-state index in [1.54, 1.807) is 23.0 Å². The summed E-state index contributed by atoms with van der Waals surface area (Å²) in [6.45, 7) is 4.15. The maximum atomic E-state index is 13.3. The van der Waals surface area contributed by atoms with Crippen molar-refractivity contribution in [2.75, 3.05) is 4.90 Å². The van der Waals surface area contributed by atoms with E-state index in [-0.39, 0.29) is 11.2 Å². The number of Topliss-reactive ketones (excluding diaryl/α,β-unsaturated/α-hetero) is 1. The number of hydrogen-bond acceptors (Lipinski definition) is 5. The van der Waals surface area contributed by atoms with Crippen LogP contribution in [-0.2, 0) is 11.8 Å². The Morgan fingerprint density at radius 1 is 1.28 bits per heavy atom. The van der Waals surface area contributed by atoms with Crippen molar-refractivity contribution in [1.29, 1.82) is 5.26 Å². The summed E-state index contributed by atoms with van der Waals surface area (Å²) in [7, 11) is 1.81. The summed E-state index contributed by atoms with van der Waals surface area (Å²) in [4.78, 5) is 15.2. The molecule has 2 N–H and O–H groups in total. The first kappa shape index (κ1) is 19.3. The molecular weight excluding hydrogens is 386 g/mol. The van der Waals surface area contributed by atoms with Crippen LogP contribution in [0.25, 0.3) is 0 Å². The SMILES string of the molecule is Cn1cc(C2C(C#N)=C(N)N(c3ccc(Cl)cc3)C3=C2C(=O)CC(C)(C)C3)cn1. The van der Waals surface area contributed by atoms with Gasteiger partial charge in [0.1, 0.15) is 5.82 Å². The normalized spacial score (nSPS) is 21.3. The van der Waals surface area contributed by atoms with E-state index in [1.807, 2.05) is 30.3 Å². The van der Waals surface area contributed by atoms with Gasteiger partial charge in [-0.1, -0.05) is 25.4 Å². The minimum absolute atomic E-state index is 0.0457. The Bertz CT molecular complexity index is 1100. The topological polar surface area (TPSA) is 87.9 Å². The molecule has 1 aromatic heterocycles. The number of hydrogen-bond donors (Lipinski definition) is 1. The Morgan fingerprint density at radius 3 is 2.55 bits per heavy atom. The summed E-state index contributed by atoms with van der Waals surface area (Å²) in [6.07, 6.45) is 4.64. The summed E-state index contributed by atoms with van der Waals surface area (Å²) in [5.74, 6) is -0.118. The Labute approximate surface area is 174 Å². The first-order valence-corrected chi connectivity index (χ1v) is 9.80. The fourth-order valence-electron chi connectivity index (χ4n) is 4.32. The molecular formula is C22H22ClN5O. The number of nitrogens with zero attached hydrogens (tertiary/aromatic N) is 4. The van der Waals surface area contributed by atoms with Crippen LogP contribution in [0.2, 0.25) is 5.02 Å². The molecule has 0 saturated heterocycles. The lowest BCUT2D eigenvalue weighted by atomic mass is 9.69. The van der Waals surface area contributed by atoms with Crippen LogP contribution in [0.1, 0.15) is 38.2 Å². The van der Waals surface area contributed by atoms with Crippen molar-refractivity contribution >= 4 is 23.1 Å². The van der Waals surface area contributed by atoms with Gasteiger partial charge in [-0.3, -0.25) is 14.4 Å². The van der Waals surface area contributed by atoms with E-state index in [9.17, 15) is 10.1 Å². The highest BCUT2D eigenvalue weighted by Gasteiger charge is 2.44. The van der Waals surface area contributed by atoms with Crippen LogP contribution in [-0.4, -0.2) is 15.6 Å². The number of carbonyl (C=O) groups is 1. The van der Waals surface area contributed by atoms with Crippen LogP contribution < -0.4 is 10.6 Å². The van der Waals surface area contributed by atoms with Gasteiger partial charge in [-0.2, -0.15) is 10.4 Å². The Morgan fingerprint density at radius 2 is 1.97 bits per heavy atom. The monoisotopic (exact) mass is 407 g/mol. The average Bonchev–Trinajstić information content (AvgIpc) is 3.07. The van der Waals surface area contributed by atoms with Crippen LogP contribution >= 0.6 is 11.6 Å². The van der Waals surface area contributed by atoms with Crippen molar-refractivity contribution < 1.29 is 4.79 Å². The van der Waals surface area contributed by atoms with Gasteiger partial charge in [-0.05, 0) is 36.1 Å². The average molecular weight is 408 g/mol. The van der Waals surface area contributed by atoms with Gasteiger partial charge in [0.2, 0.25) is 0 Å². The van der Waals surface area contributed by atoms with Gasteiger partial charge in [0.15, 0.2) is 5.78 Å². The number of rotatable bonds is 2. The zero-order valence-electron chi connectivity index (χ0n) is 16.6. The maximum Gasteiger partial charge on any atom is 0.162 e. The van der Waals surface area contributed by atoms with E-state index in [1.165, 1.54) is 0 Å². The summed E-state index contributed by atoms with van der Waals surface area (Å²) in [5.41, 5.74) is 9.77. The fraction of sp³-hybridized carbons (Fsp3) is 0.318. The summed E-state index contributed by atoms with van der Waals surface area (Å²) < 4.78 is 1.67. The minimum atomic E-state index is -0.504. The van der Waals surface area contributed by atoms with Crippen molar-refractivity contribution in [2.24, 2.45) is 18.2 Å². The number of nitrogens with two attached hydrogens (primary N) is 1. The molecule has 1 aromatic carbocycles. The quantitative estimate of drug-likeness (QED) is 0.812. The zero-order valence-corrected chi connectivity index (χ0v) is 17.4. The van der Waals surface area contributed by atoms with E-state index < -0.39 is 5.92 Å². The number of allylic oxidation sites excluding steroid dienone is 3. The van der Waals surface area contributed by atoms with Crippen molar-refractivity contribution in [3.8, 4) is 6.07 Å². The molecule has 6 nitrogen and oxygen atoms in total. The van der Waals surface area contributed by atoms with Crippen molar-refractivity contribution in [2.45, 2.75) is 32.6 Å². The number of halogens is 1. The van der Waals surface area contributed by atoms with Gasteiger partial charge in [-0.15, -0.1) is 0 Å². The Kier molecular flexibility index (Phi) is 4.51. The number of carbonyl (C=O) groups excluding carboxylic acids is 1. The highest BCUT2D eigenvalue weighted by Crippen LogP contribution is 2.50. The van der Waals surface area contributed by atoms with Gasteiger partial charge in [0.25, 0.3) is 0 Å². The number of benzene rings is 1. The number of aromatic nitrogens is 2. The third-order valence-electron chi connectivity index (χ3n) is 5.52. The summed E-state index contributed by atoms with van der Waals surface area (Å²) in [5, 5.41) is 14.8. The van der Waals surface area contributed by atoms with E-state index in [4.69, 9.17) is 17.3 Å². The molecule has 0 amide bonds. The first-order chi connectivity index (χ1) is 13.7. The lowest BCUT2D eigenvalue weighted by Gasteiger charge is -2.43. The minimum Gasteiger partial charge on any atom is -0.384 e. The third kappa shape index (κ3) is 3.22. The van der Waals surface area contributed by atoms with E-state index in [2.05, 4.69) is 25.0 Å². The molecule has 0 saturated carbocycles. The molecule has 148 valence electrons. The summed E-state index contributed by atoms with van der Waals surface area (Å²) >= 11 is 6.06. The lowest BCUT2D eigenvalue weighted by molar-refractivity contribution is -0.118. The number of anilines is 1. The lowest BCUT2D eigenvalue weighted by Crippen LogP contribution is -2.42. The predicted molar refractivity (Wildman–Crippen MR) is 112 cm³/mol. The fourth-order valence-corrected chi connectivity index (χ4v) is 4.44. The molecule has 2 heterocycles. The van der Waals surface area contributed by atoms with Crippen molar-refractivity contribution in [3.05, 3.63) is 69.9 Å². The summed E-state index contributed by atoms with van der Waals surface area (Å²) in [6, 6.07) is 9.52. The Hall–Kier alpha value is -3.04. The van der Waals surface area contributed by atoms with Gasteiger partial charge in [0, 0.05) is 47.2 Å². The molecule has 2 aliphatic rings. The van der Waals surface area contributed by atoms with Crippen LogP contribution in [0.4, 0.5) is 5.69 Å². The van der Waals surface area contributed by atoms with Gasteiger partial charge < -0.3 is 5.73 Å². The van der Waals surface area contributed by atoms with Crippen LogP contribution in [0.3, 0.4) is 0 Å². The van der Waals surface area contributed by atoms with Crippen LogP contribution in [0, 0.1) is 16.7 Å². The highest BCUT2D eigenvalue weighted by molar-refractivity contribution is 6.30. The second-order valence-corrected chi connectivity index (χ2v) is 8.84. The second-order valence-electron chi connectivity index (χ2n) is 8.40. The smallest absolute Gasteiger partial charge is 0.162 e. The second kappa shape index (κ2) is 6.78.